The average Bonchev–Trinajstić information content (AvgIpc) is 2.77. The minimum Gasteiger partial charge on any atom is -0.384 e. The molecule has 7 nitrogen and oxygen atoms in total. The summed E-state index contributed by atoms with van der Waals surface area (Å²) in [6.45, 7) is 7.67. The summed E-state index contributed by atoms with van der Waals surface area (Å²) in [5.74, 6) is 3.38. The highest BCUT2D eigenvalue weighted by Gasteiger charge is 2.25. The highest BCUT2D eigenvalue weighted by molar-refractivity contribution is 5.76. The van der Waals surface area contributed by atoms with Gasteiger partial charge in [0.15, 0.2) is 0 Å². The number of nitrogens with zero attached hydrogens (tertiary/aromatic N) is 4. The zero-order valence-electron chi connectivity index (χ0n) is 18.1. The first-order valence-corrected chi connectivity index (χ1v) is 11.3. The number of nitrogens with one attached hydrogen (secondary N) is 1. The molecule has 2 aliphatic rings. The molecule has 3 rings (SSSR count). The van der Waals surface area contributed by atoms with Crippen LogP contribution in [0.3, 0.4) is 0 Å². The van der Waals surface area contributed by atoms with Crippen LogP contribution < -0.4 is 10.2 Å². The number of likely N-dealkylation sites (tertiary alicyclic amines) is 1. The summed E-state index contributed by atoms with van der Waals surface area (Å²) in [7, 11) is 1.76. The third-order valence-corrected chi connectivity index (χ3v) is 6.19. The fourth-order valence-corrected chi connectivity index (χ4v) is 4.45. The number of aromatic nitrogens is 2. The van der Waals surface area contributed by atoms with Gasteiger partial charge in [-0.3, -0.25) is 4.79 Å². The van der Waals surface area contributed by atoms with Crippen LogP contribution in [-0.2, 0) is 9.53 Å². The molecule has 0 aromatic carbocycles. The van der Waals surface area contributed by atoms with Crippen LogP contribution in [0.15, 0.2) is 12.4 Å². The summed E-state index contributed by atoms with van der Waals surface area (Å²) in [5.41, 5.74) is 0. The molecule has 29 heavy (non-hydrogen) atoms. The summed E-state index contributed by atoms with van der Waals surface area (Å²) >= 11 is 0. The van der Waals surface area contributed by atoms with E-state index < -0.39 is 0 Å². The molecule has 2 saturated heterocycles. The third kappa shape index (κ3) is 6.56. The maximum atomic E-state index is 12.7. The van der Waals surface area contributed by atoms with Crippen LogP contribution >= 0.6 is 0 Å². The van der Waals surface area contributed by atoms with Gasteiger partial charge >= 0.3 is 0 Å². The van der Waals surface area contributed by atoms with E-state index in [-0.39, 0.29) is 0 Å². The molecule has 1 aromatic rings. The van der Waals surface area contributed by atoms with Crippen molar-refractivity contribution in [2.45, 2.75) is 51.9 Å². The van der Waals surface area contributed by atoms with Crippen LogP contribution in [0.5, 0.6) is 0 Å². The molecule has 2 fully saturated rings. The van der Waals surface area contributed by atoms with Crippen LogP contribution in [-0.4, -0.2) is 67.2 Å². The summed E-state index contributed by atoms with van der Waals surface area (Å²) in [5, 5.41) is 3.34. The Morgan fingerprint density at radius 1 is 1.21 bits per heavy atom. The van der Waals surface area contributed by atoms with E-state index in [1.807, 2.05) is 6.07 Å². The van der Waals surface area contributed by atoms with Crippen LogP contribution in [0.1, 0.15) is 51.9 Å². The second-order valence-electron chi connectivity index (χ2n) is 8.46. The number of anilines is 2. The van der Waals surface area contributed by atoms with Gasteiger partial charge < -0.3 is 19.9 Å². The summed E-state index contributed by atoms with van der Waals surface area (Å²) < 4.78 is 5.26. The van der Waals surface area contributed by atoms with Gasteiger partial charge in [0.2, 0.25) is 5.91 Å². The minimum absolute atomic E-state index is 0.325. The number of carbonyl (C=O) groups is 1. The second kappa shape index (κ2) is 11.3. The Morgan fingerprint density at radius 3 is 2.79 bits per heavy atom. The van der Waals surface area contributed by atoms with Crippen molar-refractivity contribution < 1.29 is 9.53 Å². The van der Waals surface area contributed by atoms with E-state index in [1.54, 1.807) is 13.4 Å². The van der Waals surface area contributed by atoms with Crippen LogP contribution in [0.2, 0.25) is 0 Å². The van der Waals surface area contributed by atoms with Crippen molar-refractivity contribution in [3.05, 3.63) is 12.4 Å². The number of amides is 1. The molecule has 0 aliphatic carbocycles. The van der Waals surface area contributed by atoms with Gasteiger partial charge in [-0.25, -0.2) is 9.97 Å². The van der Waals surface area contributed by atoms with E-state index in [4.69, 9.17) is 4.74 Å². The molecule has 1 atom stereocenters. The monoisotopic (exact) mass is 403 g/mol. The smallest absolute Gasteiger partial charge is 0.222 e. The molecule has 0 saturated carbocycles. The van der Waals surface area contributed by atoms with E-state index in [2.05, 4.69) is 32.0 Å². The number of carbonyl (C=O) groups excluding carboxylic acids is 1. The summed E-state index contributed by atoms with van der Waals surface area (Å²) in [6, 6.07) is 2.05. The number of piperidine rings is 2. The minimum atomic E-state index is 0.325. The first-order chi connectivity index (χ1) is 14.2. The molecule has 1 N–H and O–H groups in total. The van der Waals surface area contributed by atoms with Gasteiger partial charge in [0, 0.05) is 58.9 Å². The fraction of sp³-hybridized carbons (Fsp3) is 0.773. The van der Waals surface area contributed by atoms with Gasteiger partial charge in [-0.15, -0.1) is 0 Å². The van der Waals surface area contributed by atoms with Crippen LogP contribution in [0.25, 0.3) is 0 Å². The molecule has 7 heteroatoms. The van der Waals surface area contributed by atoms with Crippen molar-refractivity contribution >= 4 is 17.5 Å². The number of methoxy groups -OCH3 is 1. The lowest BCUT2D eigenvalue weighted by Crippen LogP contribution is -2.40. The Bertz CT molecular complexity index is 633. The molecule has 1 aromatic heterocycles. The fourth-order valence-electron chi connectivity index (χ4n) is 4.45. The lowest BCUT2D eigenvalue weighted by molar-refractivity contribution is -0.133. The van der Waals surface area contributed by atoms with Gasteiger partial charge in [0.05, 0.1) is 0 Å². The predicted octanol–water partition coefficient (Wildman–Crippen LogP) is 3.18. The third-order valence-electron chi connectivity index (χ3n) is 6.19. The predicted molar refractivity (Wildman–Crippen MR) is 116 cm³/mol. The molecule has 0 radical (unpaired) electrons. The quantitative estimate of drug-likeness (QED) is 0.683. The zero-order chi connectivity index (χ0) is 20.5. The van der Waals surface area contributed by atoms with Crippen molar-refractivity contribution in [2.75, 3.05) is 56.7 Å². The molecule has 0 bridgehead atoms. The highest BCUT2D eigenvalue weighted by atomic mass is 16.5. The molecule has 2 aliphatic heterocycles. The zero-order valence-corrected chi connectivity index (χ0v) is 18.1. The lowest BCUT2D eigenvalue weighted by atomic mass is 9.92. The van der Waals surface area contributed by atoms with Gasteiger partial charge in [-0.2, -0.15) is 0 Å². The first kappa shape index (κ1) is 21.8. The molecular weight excluding hydrogens is 366 g/mol. The van der Waals surface area contributed by atoms with Crippen molar-refractivity contribution in [3.63, 3.8) is 0 Å². The van der Waals surface area contributed by atoms with E-state index in [1.165, 1.54) is 6.42 Å². The number of ether oxygens (including phenoxy) is 1. The van der Waals surface area contributed by atoms with Crippen LogP contribution in [0, 0.1) is 11.8 Å². The number of hydrogen-bond donors (Lipinski definition) is 1. The normalized spacial score (nSPS) is 20.7. The Morgan fingerprint density at radius 2 is 2.03 bits per heavy atom. The molecule has 0 unspecified atom stereocenters. The summed E-state index contributed by atoms with van der Waals surface area (Å²) in [4.78, 5) is 25.9. The Balaban J connectivity index is 1.45. The van der Waals surface area contributed by atoms with E-state index >= 15 is 0 Å². The first-order valence-electron chi connectivity index (χ1n) is 11.3. The number of rotatable bonds is 9. The molecular formula is C22H37N5O2. The molecule has 0 spiro atoms. The SMILES string of the molecule is CCCNc1cc(N2CCC[C@H](CCC(=O)N3CCC(COC)CC3)C2)ncn1. The second-order valence-corrected chi connectivity index (χ2v) is 8.46. The maximum absolute atomic E-state index is 12.7. The van der Waals surface area contributed by atoms with Crippen LogP contribution in [0.4, 0.5) is 11.6 Å². The van der Waals surface area contributed by atoms with Gasteiger partial charge in [0.25, 0.3) is 0 Å². The maximum Gasteiger partial charge on any atom is 0.222 e. The van der Waals surface area contributed by atoms with Crippen molar-refractivity contribution in [3.8, 4) is 0 Å². The molecule has 3 heterocycles. The van der Waals surface area contributed by atoms with Crippen molar-refractivity contribution in [1.29, 1.82) is 0 Å². The van der Waals surface area contributed by atoms with E-state index in [9.17, 15) is 4.79 Å². The highest BCUT2D eigenvalue weighted by Crippen LogP contribution is 2.26. The van der Waals surface area contributed by atoms with E-state index in [0.717, 1.165) is 83.1 Å². The molecule has 162 valence electrons. The Kier molecular flexibility index (Phi) is 8.52. The van der Waals surface area contributed by atoms with Gasteiger partial charge in [-0.1, -0.05) is 6.92 Å². The van der Waals surface area contributed by atoms with Gasteiger partial charge in [-0.05, 0) is 50.4 Å². The van der Waals surface area contributed by atoms with Gasteiger partial charge in [0.1, 0.15) is 18.0 Å². The molecule has 1 amide bonds. The largest absolute Gasteiger partial charge is 0.384 e. The summed E-state index contributed by atoms with van der Waals surface area (Å²) in [6.07, 6.45) is 8.85. The Hall–Kier alpha value is -1.89. The Labute approximate surface area is 175 Å². The standard InChI is InChI=1S/C22H37N5O2/c1-3-10-23-20-14-21(25-17-24-20)27-11-4-5-18(15-27)6-7-22(28)26-12-8-19(9-13-26)16-29-2/h14,17-19H,3-13,15-16H2,1-2H3,(H,23,24,25)/t18-/m1/s1. The van der Waals surface area contributed by atoms with Crippen molar-refractivity contribution in [1.82, 2.24) is 14.9 Å². The van der Waals surface area contributed by atoms with Crippen molar-refractivity contribution in [2.24, 2.45) is 11.8 Å². The average molecular weight is 404 g/mol. The topological polar surface area (TPSA) is 70.6 Å². The lowest BCUT2D eigenvalue weighted by Gasteiger charge is -2.35. The van der Waals surface area contributed by atoms with E-state index in [0.29, 0.717) is 24.2 Å². The number of hydrogen-bond acceptors (Lipinski definition) is 6.